The van der Waals surface area contributed by atoms with E-state index in [1.807, 2.05) is 0 Å². The second-order valence-electron chi connectivity index (χ2n) is 3.92. The quantitative estimate of drug-likeness (QED) is 0.679. The smallest absolute Gasteiger partial charge is 0.277 e. The molecule has 1 rings (SSSR count). The summed E-state index contributed by atoms with van der Waals surface area (Å²) in [6.07, 6.45) is -9.58. The fourth-order valence-corrected chi connectivity index (χ4v) is 2.52. The molecule has 0 unspecified atom stereocenters. The fraction of sp³-hybridized carbons (Fsp3) is 0.400. The molecule has 1 N–H and O–H groups in total. The highest BCUT2D eigenvalue weighted by molar-refractivity contribution is 7.89. The molecule has 1 aromatic rings. The molecule has 0 aliphatic heterocycles. The van der Waals surface area contributed by atoms with Gasteiger partial charge in [-0.25, -0.2) is 8.42 Å². The van der Waals surface area contributed by atoms with Crippen molar-refractivity contribution < 1.29 is 39.6 Å². The molecule has 0 aliphatic rings. The van der Waals surface area contributed by atoms with Gasteiger partial charge < -0.3 is 0 Å². The third-order valence-corrected chi connectivity index (χ3v) is 3.64. The first kappa shape index (κ1) is 17.7. The van der Waals surface area contributed by atoms with E-state index in [2.05, 4.69) is 4.84 Å². The van der Waals surface area contributed by atoms with Crippen molar-refractivity contribution in [1.29, 1.82) is 0 Å². The molecular formula is C10H9F6NO3S. The van der Waals surface area contributed by atoms with Gasteiger partial charge in [-0.15, -0.1) is 0 Å². The summed E-state index contributed by atoms with van der Waals surface area (Å²) in [5, 5.41) is 0. The van der Waals surface area contributed by atoms with Gasteiger partial charge in [0.2, 0.25) is 0 Å². The minimum Gasteiger partial charge on any atom is -0.277 e. The topological polar surface area (TPSA) is 55.4 Å². The normalized spacial score (nSPS) is 13.5. The average Bonchev–Trinajstić information content (AvgIpc) is 2.25. The molecule has 0 saturated heterocycles. The Morgan fingerprint density at radius 3 is 2.19 bits per heavy atom. The standard InChI is InChI=1S/C10H9F6NO3S/c1-6-7(10(14,15)16)3-2-4-8(6)21(18,19)17-20-5-9(11,12)13/h2-4,17H,5H2,1H3. The van der Waals surface area contributed by atoms with E-state index in [-0.39, 0.29) is 0 Å². The molecule has 11 heteroatoms. The molecule has 4 nitrogen and oxygen atoms in total. The summed E-state index contributed by atoms with van der Waals surface area (Å²) in [5.41, 5.74) is -1.85. The molecule has 0 radical (unpaired) electrons. The molecule has 0 amide bonds. The van der Waals surface area contributed by atoms with Crippen molar-refractivity contribution in [2.45, 2.75) is 24.2 Å². The van der Waals surface area contributed by atoms with E-state index >= 15 is 0 Å². The molecule has 0 bridgehead atoms. The Labute approximate surface area is 115 Å². The lowest BCUT2D eigenvalue weighted by atomic mass is 10.1. The third-order valence-electron chi connectivity index (χ3n) is 2.28. The van der Waals surface area contributed by atoms with E-state index in [0.717, 1.165) is 23.9 Å². The van der Waals surface area contributed by atoms with Gasteiger partial charge in [-0.3, -0.25) is 4.84 Å². The summed E-state index contributed by atoms with van der Waals surface area (Å²) in [6.45, 7) is -1.02. The lowest BCUT2D eigenvalue weighted by molar-refractivity contribution is -0.181. The van der Waals surface area contributed by atoms with Crippen LogP contribution in [0.25, 0.3) is 0 Å². The number of rotatable bonds is 4. The van der Waals surface area contributed by atoms with Crippen molar-refractivity contribution in [1.82, 2.24) is 4.89 Å². The van der Waals surface area contributed by atoms with E-state index in [4.69, 9.17) is 0 Å². The minimum atomic E-state index is -4.79. The van der Waals surface area contributed by atoms with Crippen molar-refractivity contribution in [3.63, 3.8) is 0 Å². The van der Waals surface area contributed by atoms with Crippen LogP contribution in [0.15, 0.2) is 23.1 Å². The highest BCUT2D eigenvalue weighted by Gasteiger charge is 2.35. The summed E-state index contributed by atoms with van der Waals surface area (Å²) < 4.78 is 96.7. The van der Waals surface area contributed by atoms with E-state index < -0.39 is 45.0 Å². The zero-order valence-corrected chi connectivity index (χ0v) is 11.2. The van der Waals surface area contributed by atoms with Crippen LogP contribution < -0.4 is 4.89 Å². The number of benzene rings is 1. The van der Waals surface area contributed by atoms with Crippen LogP contribution in [0.1, 0.15) is 11.1 Å². The van der Waals surface area contributed by atoms with Crippen LogP contribution in [0.4, 0.5) is 26.3 Å². The maximum Gasteiger partial charge on any atom is 0.416 e. The SMILES string of the molecule is Cc1c(C(F)(F)F)cccc1S(=O)(=O)NOCC(F)(F)F. The van der Waals surface area contributed by atoms with Gasteiger partial charge in [-0.1, -0.05) is 11.0 Å². The Morgan fingerprint density at radius 2 is 1.71 bits per heavy atom. The molecule has 0 atom stereocenters. The van der Waals surface area contributed by atoms with Gasteiger partial charge in [0, 0.05) is 0 Å². The molecule has 0 fully saturated rings. The molecule has 0 aromatic heterocycles. The first-order valence-corrected chi connectivity index (χ1v) is 6.70. The van der Waals surface area contributed by atoms with Crippen molar-refractivity contribution in [3.8, 4) is 0 Å². The highest BCUT2D eigenvalue weighted by Crippen LogP contribution is 2.34. The van der Waals surface area contributed by atoms with Crippen LogP contribution in [0.5, 0.6) is 0 Å². The van der Waals surface area contributed by atoms with Crippen LogP contribution in [0, 0.1) is 6.92 Å². The molecular weight excluding hydrogens is 328 g/mol. The lowest BCUT2D eigenvalue weighted by Crippen LogP contribution is -2.30. The molecule has 120 valence electrons. The van der Waals surface area contributed by atoms with Crippen LogP contribution in [-0.2, 0) is 21.0 Å². The van der Waals surface area contributed by atoms with Gasteiger partial charge in [0.05, 0.1) is 10.5 Å². The molecule has 0 spiro atoms. The Morgan fingerprint density at radius 1 is 1.14 bits per heavy atom. The average molecular weight is 337 g/mol. The summed E-state index contributed by atoms with van der Waals surface area (Å²) >= 11 is 0. The van der Waals surface area contributed by atoms with Gasteiger partial charge >= 0.3 is 12.4 Å². The number of hydrogen-bond acceptors (Lipinski definition) is 3. The van der Waals surface area contributed by atoms with Crippen molar-refractivity contribution in [2.75, 3.05) is 6.61 Å². The zero-order valence-electron chi connectivity index (χ0n) is 10.3. The number of alkyl halides is 6. The third kappa shape index (κ3) is 4.86. The van der Waals surface area contributed by atoms with Gasteiger partial charge in [0.1, 0.15) is 0 Å². The monoisotopic (exact) mass is 337 g/mol. The van der Waals surface area contributed by atoms with Crippen LogP contribution in [0.3, 0.4) is 0 Å². The van der Waals surface area contributed by atoms with Gasteiger partial charge in [0.15, 0.2) is 6.61 Å². The Balaban J connectivity index is 3.05. The molecule has 0 aliphatic carbocycles. The van der Waals surface area contributed by atoms with Crippen molar-refractivity contribution >= 4 is 10.0 Å². The Hall–Kier alpha value is -1.33. The van der Waals surface area contributed by atoms with Crippen molar-refractivity contribution in [2.24, 2.45) is 0 Å². The number of hydrogen-bond donors (Lipinski definition) is 1. The van der Waals surface area contributed by atoms with E-state index in [9.17, 15) is 34.8 Å². The maximum absolute atomic E-state index is 12.6. The summed E-state index contributed by atoms with van der Waals surface area (Å²) in [7, 11) is -4.67. The van der Waals surface area contributed by atoms with E-state index in [1.54, 1.807) is 0 Å². The number of sulfonamides is 1. The van der Waals surface area contributed by atoms with Crippen LogP contribution >= 0.6 is 0 Å². The van der Waals surface area contributed by atoms with Crippen LogP contribution in [-0.4, -0.2) is 21.2 Å². The van der Waals surface area contributed by atoms with Crippen LogP contribution in [0.2, 0.25) is 0 Å². The minimum absolute atomic E-state index is 0.645. The molecule has 1 aromatic carbocycles. The zero-order chi connectivity index (χ0) is 16.5. The molecule has 21 heavy (non-hydrogen) atoms. The largest absolute Gasteiger partial charge is 0.416 e. The molecule has 0 heterocycles. The van der Waals surface area contributed by atoms with Crippen molar-refractivity contribution in [3.05, 3.63) is 29.3 Å². The Kier molecular flexibility index (Phi) is 4.90. The predicted molar refractivity (Wildman–Crippen MR) is 58.5 cm³/mol. The lowest BCUT2D eigenvalue weighted by Gasteiger charge is -2.14. The second-order valence-corrected chi connectivity index (χ2v) is 5.53. The number of halogens is 6. The van der Waals surface area contributed by atoms with E-state index in [0.29, 0.717) is 6.07 Å². The molecule has 0 saturated carbocycles. The first-order chi connectivity index (χ1) is 9.34. The summed E-state index contributed by atoms with van der Waals surface area (Å²) in [4.78, 5) is 4.07. The maximum atomic E-state index is 12.6. The highest BCUT2D eigenvalue weighted by atomic mass is 32.2. The Bertz CT molecular complexity index is 608. The predicted octanol–water partition coefficient (Wildman–Crippen LogP) is 2.79. The van der Waals surface area contributed by atoms with Gasteiger partial charge in [-0.05, 0) is 24.6 Å². The fourth-order valence-electron chi connectivity index (χ4n) is 1.45. The van der Waals surface area contributed by atoms with E-state index in [1.165, 1.54) is 0 Å². The van der Waals surface area contributed by atoms with Gasteiger partial charge in [0.25, 0.3) is 10.0 Å². The first-order valence-electron chi connectivity index (χ1n) is 5.22. The number of nitrogens with one attached hydrogen (secondary N) is 1. The summed E-state index contributed by atoms with van der Waals surface area (Å²) in [6, 6.07) is 2.31. The summed E-state index contributed by atoms with van der Waals surface area (Å²) in [5.74, 6) is 0. The van der Waals surface area contributed by atoms with Gasteiger partial charge in [-0.2, -0.15) is 26.3 Å². The second kappa shape index (κ2) is 5.81.